The minimum absolute atomic E-state index is 0.509. The van der Waals surface area contributed by atoms with Crippen LogP contribution in [0.3, 0.4) is 0 Å². The Hall–Kier alpha value is -10.2. The van der Waals surface area contributed by atoms with E-state index in [0.29, 0.717) is 17.6 Å². The Balaban J connectivity index is 1.03. The first-order valence-electron chi connectivity index (χ1n) is 25.3. The molecular weight excluding hydrogens is 915 g/mol. The summed E-state index contributed by atoms with van der Waals surface area (Å²) < 4.78 is 11.5. The average Bonchev–Trinajstić information content (AvgIpc) is 4.17. The Morgan fingerprint density at radius 1 is 0.280 bits per heavy atom. The molecule has 0 atom stereocenters. The topological polar surface area (TPSA) is 61.7 Å². The van der Waals surface area contributed by atoms with Gasteiger partial charge in [-0.3, -0.25) is 4.57 Å². The quantitative estimate of drug-likeness (QED) is 0.152. The molecule has 15 rings (SSSR count). The van der Waals surface area contributed by atoms with Crippen molar-refractivity contribution in [3.8, 4) is 78.9 Å². The summed E-state index contributed by atoms with van der Waals surface area (Å²) in [5.41, 5.74) is 17.4. The number of rotatable bonds is 8. The largest absolute Gasteiger partial charge is 0.456 e. The second-order valence-corrected chi connectivity index (χ2v) is 19.1. The lowest BCUT2D eigenvalue weighted by Gasteiger charge is -2.14. The van der Waals surface area contributed by atoms with Crippen LogP contribution in [0.2, 0.25) is 0 Å². The fourth-order valence-corrected chi connectivity index (χ4v) is 11.4. The molecule has 0 unspecified atom stereocenters. The summed E-state index contributed by atoms with van der Waals surface area (Å²) in [5, 5.41) is 6.44. The number of hydrogen-bond acceptors (Lipinski definition) is 4. The highest BCUT2D eigenvalue weighted by molar-refractivity contribution is 6.24. The van der Waals surface area contributed by atoms with Crippen molar-refractivity contribution in [2.75, 3.05) is 0 Å². The SMILES string of the molecule is c1ccc(-c2cccc(-c3nc(-c4cccc5oc6cccc(-c7cccc(-c8ccccc8)c7)c6c45)nc(-n4c5ccccc5c5ccc6c7ccccc7n(-c7cccc(-c8ccccc8)c7)c6c54)n3)c2)cc1. The predicted octanol–water partition coefficient (Wildman–Crippen LogP) is 18.0. The van der Waals surface area contributed by atoms with Gasteiger partial charge in [0.25, 0.3) is 0 Å². The van der Waals surface area contributed by atoms with Gasteiger partial charge < -0.3 is 8.98 Å². The molecule has 350 valence electrons. The molecule has 4 heterocycles. The van der Waals surface area contributed by atoms with E-state index in [-0.39, 0.29) is 0 Å². The number of aromatic nitrogens is 5. The van der Waals surface area contributed by atoms with Crippen LogP contribution in [0.15, 0.2) is 265 Å². The molecule has 6 nitrogen and oxygen atoms in total. The van der Waals surface area contributed by atoms with Crippen LogP contribution < -0.4 is 0 Å². The van der Waals surface area contributed by atoms with Crippen molar-refractivity contribution in [1.82, 2.24) is 24.1 Å². The molecule has 0 fully saturated rings. The van der Waals surface area contributed by atoms with Gasteiger partial charge in [-0.25, -0.2) is 4.98 Å². The molecular formula is C69H43N5O. The lowest BCUT2D eigenvalue weighted by atomic mass is 9.94. The summed E-state index contributed by atoms with van der Waals surface area (Å²) >= 11 is 0. The zero-order chi connectivity index (χ0) is 49.4. The van der Waals surface area contributed by atoms with E-state index in [1.54, 1.807) is 0 Å². The maximum Gasteiger partial charge on any atom is 0.238 e. The highest BCUT2D eigenvalue weighted by Crippen LogP contribution is 2.45. The zero-order valence-electron chi connectivity index (χ0n) is 40.5. The van der Waals surface area contributed by atoms with Crippen molar-refractivity contribution in [2.45, 2.75) is 0 Å². The van der Waals surface area contributed by atoms with Crippen LogP contribution in [0.25, 0.3) is 144 Å². The first-order valence-corrected chi connectivity index (χ1v) is 25.3. The second kappa shape index (κ2) is 17.3. The normalized spacial score (nSPS) is 11.7. The van der Waals surface area contributed by atoms with Crippen molar-refractivity contribution < 1.29 is 4.42 Å². The molecule has 0 N–H and O–H groups in total. The molecule has 15 aromatic rings. The Morgan fingerprint density at radius 2 is 0.720 bits per heavy atom. The van der Waals surface area contributed by atoms with Gasteiger partial charge in [0.1, 0.15) is 11.2 Å². The van der Waals surface area contributed by atoms with E-state index in [2.05, 4.69) is 252 Å². The first kappa shape index (κ1) is 42.5. The van der Waals surface area contributed by atoms with E-state index in [0.717, 1.165) is 127 Å². The summed E-state index contributed by atoms with van der Waals surface area (Å²) in [6.07, 6.45) is 0. The maximum atomic E-state index is 6.78. The molecule has 0 aliphatic carbocycles. The van der Waals surface area contributed by atoms with Crippen LogP contribution >= 0.6 is 0 Å². The summed E-state index contributed by atoms with van der Waals surface area (Å²) in [5.74, 6) is 1.60. The molecule has 0 amide bonds. The third-order valence-electron chi connectivity index (χ3n) is 14.8. The number of fused-ring (bicyclic) bond motifs is 10. The summed E-state index contributed by atoms with van der Waals surface area (Å²) in [6, 6.07) is 92.2. The summed E-state index contributed by atoms with van der Waals surface area (Å²) in [7, 11) is 0. The molecule has 0 aliphatic heterocycles. The first-order chi connectivity index (χ1) is 37.2. The fourth-order valence-electron chi connectivity index (χ4n) is 11.4. The Labute approximate surface area is 431 Å². The average molecular weight is 958 g/mol. The Bertz CT molecular complexity index is 4700. The number of para-hydroxylation sites is 2. The lowest BCUT2D eigenvalue weighted by Crippen LogP contribution is -2.07. The van der Waals surface area contributed by atoms with Crippen molar-refractivity contribution in [1.29, 1.82) is 0 Å². The van der Waals surface area contributed by atoms with Crippen molar-refractivity contribution in [3.05, 3.63) is 261 Å². The van der Waals surface area contributed by atoms with E-state index < -0.39 is 0 Å². The van der Waals surface area contributed by atoms with Crippen molar-refractivity contribution in [2.24, 2.45) is 0 Å². The third kappa shape index (κ3) is 6.99. The van der Waals surface area contributed by atoms with Gasteiger partial charge in [-0.2, -0.15) is 9.97 Å². The van der Waals surface area contributed by atoms with Gasteiger partial charge >= 0.3 is 0 Å². The molecule has 0 aliphatic rings. The van der Waals surface area contributed by atoms with E-state index in [9.17, 15) is 0 Å². The van der Waals surface area contributed by atoms with Crippen LogP contribution in [0, 0.1) is 0 Å². The van der Waals surface area contributed by atoms with Crippen LogP contribution in [0.1, 0.15) is 0 Å². The van der Waals surface area contributed by atoms with Crippen LogP contribution in [0.4, 0.5) is 0 Å². The fraction of sp³-hybridized carbons (Fsp3) is 0. The minimum atomic E-state index is 0.509. The van der Waals surface area contributed by atoms with Gasteiger partial charge in [0.05, 0.1) is 22.1 Å². The molecule has 0 spiro atoms. The van der Waals surface area contributed by atoms with E-state index in [4.69, 9.17) is 19.4 Å². The van der Waals surface area contributed by atoms with Crippen LogP contribution in [0.5, 0.6) is 0 Å². The monoisotopic (exact) mass is 957 g/mol. The lowest BCUT2D eigenvalue weighted by molar-refractivity contribution is 0.669. The van der Waals surface area contributed by atoms with E-state index in [1.165, 1.54) is 0 Å². The third-order valence-corrected chi connectivity index (χ3v) is 14.8. The number of benzene rings is 11. The van der Waals surface area contributed by atoms with Gasteiger partial charge in [0.15, 0.2) is 11.6 Å². The standard InChI is InChI=1S/C69H43N5O/c1-4-19-44(20-5-1)47-25-14-28-50(41-47)53-33-17-37-61-63(53)64-58(34-18-38-62(64)75-61)68-70-67(51-29-15-26-48(42-51)45-21-6-2-7-22-45)71-69(72-68)74-60-36-13-11-32-55(60)57-40-39-56-54-31-10-12-35-59(54)73(65(56)66(57)74)52-30-16-27-49(43-52)46-23-8-3-9-24-46/h1-43H. The smallest absolute Gasteiger partial charge is 0.238 e. The number of hydrogen-bond donors (Lipinski definition) is 0. The molecule has 75 heavy (non-hydrogen) atoms. The zero-order valence-corrected chi connectivity index (χ0v) is 40.5. The molecule has 4 aromatic heterocycles. The van der Waals surface area contributed by atoms with Crippen molar-refractivity contribution >= 4 is 65.6 Å². The number of furan rings is 1. The minimum Gasteiger partial charge on any atom is -0.456 e. The van der Waals surface area contributed by atoms with Gasteiger partial charge in [0.2, 0.25) is 5.95 Å². The molecule has 0 saturated heterocycles. The molecule has 0 saturated carbocycles. The molecule has 0 radical (unpaired) electrons. The molecule has 6 heteroatoms. The Morgan fingerprint density at radius 3 is 1.35 bits per heavy atom. The van der Waals surface area contributed by atoms with Gasteiger partial charge in [0, 0.05) is 49.1 Å². The van der Waals surface area contributed by atoms with Gasteiger partial charge in [-0.05, 0) is 93.0 Å². The second-order valence-electron chi connectivity index (χ2n) is 19.1. The highest BCUT2D eigenvalue weighted by atomic mass is 16.3. The summed E-state index contributed by atoms with van der Waals surface area (Å²) in [6.45, 7) is 0. The van der Waals surface area contributed by atoms with Crippen LogP contribution in [-0.2, 0) is 0 Å². The Kier molecular flexibility index (Phi) is 9.78. The van der Waals surface area contributed by atoms with Gasteiger partial charge in [-0.15, -0.1) is 0 Å². The van der Waals surface area contributed by atoms with E-state index >= 15 is 0 Å². The summed E-state index contributed by atoms with van der Waals surface area (Å²) in [4.78, 5) is 16.7. The highest BCUT2D eigenvalue weighted by Gasteiger charge is 2.25. The predicted molar refractivity (Wildman–Crippen MR) is 308 cm³/mol. The van der Waals surface area contributed by atoms with Gasteiger partial charge in [-0.1, -0.05) is 212 Å². The van der Waals surface area contributed by atoms with Crippen LogP contribution in [-0.4, -0.2) is 24.1 Å². The van der Waals surface area contributed by atoms with Crippen molar-refractivity contribution in [3.63, 3.8) is 0 Å². The maximum absolute atomic E-state index is 6.78. The molecule has 0 bridgehead atoms. The van der Waals surface area contributed by atoms with E-state index in [1.807, 2.05) is 18.2 Å². The molecule has 11 aromatic carbocycles. The number of nitrogens with zero attached hydrogens (tertiary/aromatic N) is 5.